The van der Waals surface area contributed by atoms with Crippen molar-refractivity contribution in [2.75, 3.05) is 0 Å². The summed E-state index contributed by atoms with van der Waals surface area (Å²) in [6.45, 7) is 3.24. The summed E-state index contributed by atoms with van der Waals surface area (Å²) in [5, 5.41) is 17.1. The minimum atomic E-state index is -1.35. The average Bonchev–Trinajstić information content (AvgIpc) is 1.84. The zero-order valence-electron chi connectivity index (χ0n) is 6.57. The van der Waals surface area contributed by atoms with Crippen LogP contribution in [0.3, 0.4) is 0 Å². The Balaban J connectivity index is 3.93. The van der Waals surface area contributed by atoms with E-state index in [1.165, 1.54) is 0 Å². The number of carbonyl (C=O) groups is 2. The first kappa shape index (κ1) is 10.1. The maximum Gasteiger partial charge on any atom is 0.306 e. The van der Waals surface area contributed by atoms with Gasteiger partial charge in [0.1, 0.15) is 6.10 Å². The van der Waals surface area contributed by atoms with Crippen LogP contribution in [0.25, 0.3) is 0 Å². The molecule has 0 aliphatic rings. The Kier molecular flexibility index (Phi) is 3.74. The summed E-state index contributed by atoms with van der Waals surface area (Å²) in [6.07, 6.45) is -1.86. The molecule has 11 heavy (non-hydrogen) atoms. The molecule has 0 saturated heterocycles. The van der Waals surface area contributed by atoms with Gasteiger partial charge in [0.25, 0.3) is 0 Å². The molecule has 0 amide bonds. The second kappa shape index (κ2) is 4.08. The van der Waals surface area contributed by atoms with Gasteiger partial charge in [-0.15, -0.1) is 0 Å². The second-order valence-corrected chi connectivity index (χ2v) is 2.67. The van der Waals surface area contributed by atoms with E-state index in [-0.39, 0.29) is 5.92 Å². The molecule has 1 atom stereocenters. The Bertz CT molecular complexity index is 162. The SMILES string of the molecule is CC(C)C(=O)C(O)CC(=O)O. The summed E-state index contributed by atoms with van der Waals surface area (Å²) in [4.78, 5) is 20.9. The highest BCUT2D eigenvalue weighted by Crippen LogP contribution is 2.02. The molecule has 0 aliphatic carbocycles. The molecule has 0 bridgehead atoms. The van der Waals surface area contributed by atoms with E-state index in [4.69, 9.17) is 10.2 Å². The van der Waals surface area contributed by atoms with Crippen LogP contribution < -0.4 is 0 Å². The van der Waals surface area contributed by atoms with Gasteiger partial charge in [-0.2, -0.15) is 0 Å². The number of carbonyl (C=O) groups excluding carboxylic acids is 1. The van der Waals surface area contributed by atoms with Gasteiger partial charge in [0.05, 0.1) is 6.42 Å². The first-order valence-corrected chi connectivity index (χ1v) is 3.38. The van der Waals surface area contributed by atoms with Crippen molar-refractivity contribution in [2.45, 2.75) is 26.4 Å². The first-order chi connectivity index (χ1) is 4.95. The van der Waals surface area contributed by atoms with Crippen LogP contribution in [0.4, 0.5) is 0 Å². The number of aliphatic carboxylic acids is 1. The maximum absolute atomic E-state index is 10.9. The fourth-order valence-corrected chi connectivity index (χ4v) is 0.651. The zero-order valence-corrected chi connectivity index (χ0v) is 6.57. The van der Waals surface area contributed by atoms with Crippen LogP contribution >= 0.6 is 0 Å². The van der Waals surface area contributed by atoms with Crippen molar-refractivity contribution < 1.29 is 19.8 Å². The molecule has 0 rings (SSSR count). The van der Waals surface area contributed by atoms with Crippen molar-refractivity contribution in [1.82, 2.24) is 0 Å². The van der Waals surface area contributed by atoms with E-state index >= 15 is 0 Å². The predicted molar refractivity (Wildman–Crippen MR) is 38.1 cm³/mol. The molecule has 64 valence electrons. The number of Topliss-reactive ketones (excluding diaryl/α,β-unsaturated/α-hetero) is 1. The van der Waals surface area contributed by atoms with Gasteiger partial charge in [-0.1, -0.05) is 13.8 Å². The van der Waals surface area contributed by atoms with Crippen molar-refractivity contribution in [3.8, 4) is 0 Å². The van der Waals surface area contributed by atoms with Crippen LogP contribution in [0.2, 0.25) is 0 Å². The zero-order chi connectivity index (χ0) is 9.02. The molecular weight excluding hydrogens is 148 g/mol. The number of hydrogen-bond acceptors (Lipinski definition) is 3. The minimum absolute atomic E-state index is 0.315. The van der Waals surface area contributed by atoms with Gasteiger partial charge in [-0.3, -0.25) is 9.59 Å². The molecule has 0 aromatic carbocycles. The molecule has 0 fully saturated rings. The summed E-state index contributed by atoms with van der Waals surface area (Å²) in [6, 6.07) is 0. The third-order valence-corrected chi connectivity index (χ3v) is 1.27. The topological polar surface area (TPSA) is 74.6 Å². The van der Waals surface area contributed by atoms with E-state index in [1.54, 1.807) is 13.8 Å². The molecule has 0 aromatic heterocycles. The van der Waals surface area contributed by atoms with Crippen molar-refractivity contribution in [3.63, 3.8) is 0 Å². The molecule has 0 aliphatic heterocycles. The largest absolute Gasteiger partial charge is 0.481 e. The monoisotopic (exact) mass is 160 g/mol. The Morgan fingerprint density at radius 3 is 2.09 bits per heavy atom. The standard InChI is InChI=1S/C7H12O4/c1-4(2)7(11)5(8)3-6(9)10/h4-5,8H,3H2,1-2H3,(H,9,10). The summed E-state index contributed by atoms with van der Waals surface area (Å²) in [5.74, 6) is -1.90. The average molecular weight is 160 g/mol. The van der Waals surface area contributed by atoms with E-state index < -0.39 is 24.3 Å². The number of carboxylic acids is 1. The highest BCUT2D eigenvalue weighted by atomic mass is 16.4. The van der Waals surface area contributed by atoms with E-state index in [0.29, 0.717) is 0 Å². The van der Waals surface area contributed by atoms with Crippen molar-refractivity contribution in [3.05, 3.63) is 0 Å². The van der Waals surface area contributed by atoms with Crippen LogP contribution in [-0.4, -0.2) is 28.1 Å². The Labute approximate surface area is 64.8 Å². The van der Waals surface area contributed by atoms with Gasteiger partial charge in [0, 0.05) is 5.92 Å². The molecule has 1 unspecified atom stereocenters. The highest BCUT2D eigenvalue weighted by Gasteiger charge is 2.20. The molecule has 4 heteroatoms. The van der Waals surface area contributed by atoms with E-state index in [9.17, 15) is 9.59 Å². The Morgan fingerprint density at radius 1 is 1.36 bits per heavy atom. The van der Waals surface area contributed by atoms with E-state index in [0.717, 1.165) is 0 Å². The fourth-order valence-electron chi connectivity index (χ4n) is 0.651. The van der Waals surface area contributed by atoms with Gasteiger partial charge < -0.3 is 10.2 Å². The van der Waals surface area contributed by atoms with Gasteiger partial charge in [-0.25, -0.2) is 0 Å². The summed E-state index contributed by atoms with van der Waals surface area (Å²) >= 11 is 0. The second-order valence-electron chi connectivity index (χ2n) is 2.67. The Morgan fingerprint density at radius 2 is 1.82 bits per heavy atom. The van der Waals surface area contributed by atoms with Crippen LogP contribution in [-0.2, 0) is 9.59 Å². The van der Waals surface area contributed by atoms with Crippen molar-refractivity contribution in [2.24, 2.45) is 5.92 Å². The Hall–Kier alpha value is -0.900. The lowest BCUT2D eigenvalue weighted by Crippen LogP contribution is -2.27. The molecule has 0 spiro atoms. The molecule has 0 heterocycles. The normalized spacial score (nSPS) is 13.1. The lowest BCUT2D eigenvalue weighted by molar-refractivity contribution is -0.144. The summed E-state index contributed by atoms with van der Waals surface area (Å²) < 4.78 is 0. The maximum atomic E-state index is 10.9. The highest BCUT2D eigenvalue weighted by molar-refractivity contribution is 5.87. The number of ketones is 1. The molecule has 0 aromatic rings. The minimum Gasteiger partial charge on any atom is -0.481 e. The lowest BCUT2D eigenvalue weighted by Gasteiger charge is -2.08. The number of aliphatic hydroxyl groups excluding tert-OH is 1. The lowest BCUT2D eigenvalue weighted by atomic mass is 10.0. The van der Waals surface area contributed by atoms with E-state index in [1.807, 2.05) is 0 Å². The molecule has 0 radical (unpaired) electrons. The number of aliphatic hydroxyl groups is 1. The smallest absolute Gasteiger partial charge is 0.306 e. The number of hydrogen-bond donors (Lipinski definition) is 2. The molecular formula is C7H12O4. The third-order valence-electron chi connectivity index (χ3n) is 1.27. The predicted octanol–water partition coefficient (Wildman–Crippen LogP) is 0.0471. The van der Waals surface area contributed by atoms with Gasteiger partial charge in [0.15, 0.2) is 5.78 Å². The fraction of sp³-hybridized carbons (Fsp3) is 0.714. The van der Waals surface area contributed by atoms with Crippen LogP contribution in [0.5, 0.6) is 0 Å². The molecule has 4 nitrogen and oxygen atoms in total. The first-order valence-electron chi connectivity index (χ1n) is 3.38. The van der Waals surface area contributed by atoms with Gasteiger partial charge >= 0.3 is 5.97 Å². The van der Waals surface area contributed by atoms with Crippen molar-refractivity contribution >= 4 is 11.8 Å². The van der Waals surface area contributed by atoms with Crippen molar-refractivity contribution in [1.29, 1.82) is 0 Å². The number of carboxylic acid groups (broad SMARTS) is 1. The quantitative estimate of drug-likeness (QED) is 0.609. The van der Waals surface area contributed by atoms with Gasteiger partial charge in [0.2, 0.25) is 0 Å². The van der Waals surface area contributed by atoms with Crippen LogP contribution in [0.1, 0.15) is 20.3 Å². The summed E-state index contributed by atoms with van der Waals surface area (Å²) in [7, 11) is 0. The van der Waals surface area contributed by atoms with Gasteiger partial charge in [-0.05, 0) is 0 Å². The van der Waals surface area contributed by atoms with E-state index in [2.05, 4.69) is 0 Å². The third kappa shape index (κ3) is 3.72. The van der Waals surface area contributed by atoms with Crippen LogP contribution in [0.15, 0.2) is 0 Å². The number of rotatable bonds is 4. The molecule has 0 saturated carbocycles. The summed E-state index contributed by atoms with van der Waals surface area (Å²) in [5.41, 5.74) is 0. The van der Waals surface area contributed by atoms with Crippen LogP contribution in [0, 0.1) is 5.92 Å². The molecule has 2 N–H and O–H groups in total.